The van der Waals surface area contributed by atoms with Crippen LogP contribution in [0.3, 0.4) is 0 Å². The topological polar surface area (TPSA) is 0 Å². The molecule has 2 aliphatic carbocycles. The molecule has 90 valence electrons. The van der Waals surface area contributed by atoms with Crippen molar-refractivity contribution in [2.75, 3.05) is 0 Å². The third-order valence-electron chi connectivity index (χ3n) is 4.44. The zero-order chi connectivity index (χ0) is 11.3. The highest BCUT2D eigenvalue weighted by molar-refractivity contribution is 4.71. The van der Waals surface area contributed by atoms with Crippen molar-refractivity contribution in [1.29, 1.82) is 0 Å². The van der Waals surface area contributed by atoms with Crippen molar-refractivity contribution < 1.29 is 0 Å². The molecule has 0 heterocycles. The molecule has 0 aromatic heterocycles. The maximum atomic E-state index is 2.34. The standard InChI is InChI=1S/C8H16.C7H14/c1-7(2)8-5-3-4-6-8;1-6(2)7-4-3-5-7/h7-8H,3-6H2,1-2H3;6-7H,3-5H2,1-2H3. The van der Waals surface area contributed by atoms with E-state index in [0.29, 0.717) is 0 Å². The minimum absolute atomic E-state index is 0.942. The van der Waals surface area contributed by atoms with Crippen molar-refractivity contribution in [1.82, 2.24) is 0 Å². The molecule has 0 bridgehead atoms. The van der Waals surface area contributed by atoms with E-state index in [1.807, 2.05) is 0 Å². The zero-order valence-electron chi connectivity index (χ0n) is 11.3. The highest BCUT2D eigenvalue weighted by Crippen LogP contribution is 2.32. The maximum Gasteiger partial charge on any atom is -0.0391 e. The van der Waals surface area contributed by atoms with Gasteiger partial charge in [-0.05, 0) is 23.7 Å². The molecule has 0 aromatic carbocycles. The van der Waals surface area contributed by atoms with E-state index in [9.17, 15) is 0 Å². The first-order chi connectivity index (χ1) is 7.11. The van der Waals surface area contributed by atoms with E-state index < -0.39 is 0 Å². The van der Waals surface area contributed by atoms with Crippen molar-refractivity contribution in [3.8, 4) is 0 Å². The molecule has 2 saturated carbocycles. The van der Waals surface area contributed by atoms with Crippen molar-refractivity contribution in [3.05, 3.63) is 0 Å². The normalized spacial score (nSPS) is 22.8. The van der Waals surface area contributed by atoms with Crippen LogP contribution in [-0.2, 0) is 0 Å². The van der Waals surface area contributed by atoms with Gasteiger partial charge >= 0.3 is 0 Å². The van der Waals surface area contributed by atoms with Gasteiger partial charge in [0.2, 0.25) is 0 Å². The number of hydrogen-bond acceptors (Lipinski definition) is 0. The summed E-state index contributed by atoms with van der Waals surface area (Å²) in [7, 11) is 0. The Morgan fingerprint density at radius 1 is 0.600 bits per heavy atom. The molecule has 0 unspecified atom stereocenters. The maximum absolute atomic E-state index is 2.34. The summed E-state index contributed by atoms with van der Waals surface area (Å²) in [5, 5.41) is 0. The Balaban J connectivity index is 0.000000151. The molecule has 2 aliphatic rings. The van der Waals surface area contributed by atoms with Gasteiger partial charge in [0.05, 0.1) is 0 Å². The molecular formula is C15H30. The van der Waals surface area contributed by atoms with Gasteiger partial charge in [0.15, 0.2) is 0 Å². The van der Waals surface area contributed by atoms with Crippen LogP contribution < -0.4 is 0 Å². The first-order valence-corrected chi connectivity index (χ1v) is 7.11. The first-order valence-electron chi connectivity index (χ1n) is 7.11. The van der Waals surface area contributed by atoms with Gasteiger partial charge in [0.1, 0.15) is 0 Å². The molecule has 0 atom stereocenters. The smallest absolute Gasteiger partial charge is 0.0391 e. The zero-order valence-corrected chi connectivity index (χ0v) is 11.3. The van der Waals surface area contributed by atoms with E-state index in [1.165, 1.54) is 44.9 Å². The van der Waals surface area contributed by atoms with Gasteiger partial charge in [-0.1, -0.05) is 72.6 Å². The average Bonchev–Trinajstić information content (AvgIpc) is 2.51. The lowest BCUT2D eigenvalue weighted by Gasteiger charge is -2.28. The predicted octanol–water partition coefficient (Wildman–Crippen LogP) is 5.28. The van der Waals surface area contributed by atoms with Crippen LogP contribution in [0, 0.1) is 23.7 Å². The van der Waals surface area contributed by atoms with Crippen molar-refractivity contribution in [2.24, 2.45) is 23.7 Å². The molecule has 0 spiro atoms. The molecule has 0 aliphatic heterocycles. The fraction of sp³-hybridized carbons (Fsp3) is 1.00. The first kappa shape index (κ1) is 13.1. The van der Waals surface area contributed by atoms with Gasteiger partial charge in [-0.25, -0.2) is 0 Å². The molecule has 0 N–H and O–H groups in total. The van der Waals surface area contributed by atoms with E-state index in [0.717, 1.165) is 23.7 Å². The van der Waals surface area contributed by atoms with E-state index in [-0.39, 0.29) is 0 Å². The van der Waals surface area contributed by atoms with Crippen LogP contribution >= 0.6 is 0 Å². The Kier molecular flexibility index (Phi) is 5.71. The average molecular weight is 210 g/mol. The van der Waals surface area contributed by atoms with Crippen molar-refractivity contribution in [3.63, 3.8) is 0 Å². The lowest BCUT2D eigenvalue weighted by atomic mass is 9.78. The molecule has 0 saturated heterocycles. The van der Waals surface area contributed by atoms with Crippen LogP contribution in [-0.4, -0.2) is 0 Å². The summed E-state index contributed by atoms with van der Waals surface area (Å²) in [6, 6.07) is 0. The highest BCUT2D eigenvalue weighted by Gasteiger charge is 2.19. The Morgan fingerprint density at radius 3 is 1.07 bits per heavy atom. The second-order valence-corrected chi connectivity index (χ2v) is 6.22. The molecule has 0 radical (unpaired) electrons. The molecule has 15 heavy (non-hydrogen) atoms. The fourth-order valence-electron chi connectivity index (χ4n) is 2.73. The van der Waals surface area contributed by atoms with Crippen LogP contribution in [0.2, 0.25) is 0 Å². The predicted molar refractivity (Wildman–Crippen MR) is 69.0 cm³/mol. The number of rotatable bonds is 2. The summed E-state index contributed by atoms with van der Waals surface area (Å²) in [6.45, 7) is 9.33. The molecule has 2 rings (SSSR count). The van der Waals surface area contributed by atoms with Gasteiger partial charge < -0.3 is 0 Å². The monoisotopic (exact) mass is 210 g/mol. The van der Waals surface area contributed by atoms with Crippen LogP contribution in [0.1, 0.15) is 72.6 Å². The van der Waals surface area contributed by atoms with Gasteiger partial charge in [-0.15, -0.1) is 0 Å². The minimum atomic E-state index is 0.942. The Hall–Kier alpha value is 0. The molecule has 0 amide bonds. The summed E-state index contributed by atoms with van der Waals surface area (Å²) in [5.41, 5.74) is 0. The highest BCUT2D eigenvalue weighted by atomic mass is 14.3. The molecule has 2 fully saturated rings. The van der Waals surface area contributed by atoms with Crippen LogP contribution in [0.15, 0.2) is 0 Å². The SMILES string of the molecule is CC(C)C1CCC1.CC(C)C1CCCC1. The largest absolute Gasteiger partial charge is 0.0625 e. The third kappa shape index (κ3) is 4.57. The van der Waals surface area contributed by atoms with Gasteiger partial charge in [-0.2, -0.15) is 0 Å². The molecule has 0 heteroatoms. The van der Waals surface area contributed by atoms with Gasteiger partial charge in [0.25, 0.3) is 0 Å². The summed E-state index contributed by atoms with van der Waals surface area (Å²) in [5.74, 6) is 4.04. The van der Waals surface area contributed by atoms with Crippen LogP contribution in [0.4, 0.5) is 0 Å². The summed E-state index contributed by atoms with van der Waals surface area (Å²) in [6.07, 6.45) is 10.5. The lowest BCUT2D eigenvalue weighted by Crippen LogP contribution is -2.16. The third-order valence-corrected chi connectivity index (χ3v) is 4.44. The van der Waals surface area contributed by atoms with Crippen molar-refractivity contribution >= 4 is 0 Å². The van der Waals surface area contributed by atoms with E-state index in [1.54, 1.807) is 0 Å². The molecule has 0 nitrogen and oxygen atoms in total. The van der Waals surface area contributed by atoms with Crippen molar-refractivity contribution in [2.45, 2.75) is 72.6 Å². The second kappa shape index (κ2) is 6.55. The lowest BCUT2D eigenvalue weighted by molar-refractivity contribution is 0.235. The molecular weight excluding hydrogens is 180 g/mol. The van der Waals surface area contributed by atoms with Crippen LogP contribution in [0.5, 0.6) is 0 Å². The van der Waals surface area contributed by atoms with E-state index >= 15 is 0 Å². The van der Waals surface area contributed by atoms with Gasteiger partial charge in [-0.3, -0.25) is 0 Å². The minimum Gasteiger partial charge on any atom is -0.0625 e. The number of hydrogen-bond donors (Lipinski definition) is 0. The van der Waals surface area contributed by atoms with E-state index in [2.05, 4.69) is 27.7 Å². The fourth-order valence-corrected chi connectivity index (χ4v) is 2.73. The van der Waals surface area contributed by atoms with Crippen LogP contribution in [0.25, 0.3) is 0 Å². The quantitative estimate of drug-likeness (QED) is 0.582. The molecule has 0 aromatic rings. The van der Waals surface area contributed by atoms with Gasteiger partial charge in [0, 0.05) is 0 Å². The second-order valence-electron chi connectivity index (χ2n) is 6.22. The van der Waals surface area contributed by atoms with E-state index in [4.69, 9.17) is 0 Å². The summed E-state index contributed by atoms with van der Waals surface area (Å²) >= 11 is 0. The summed E-state index contributed by atoms with van der Waals surface area (Å²) in [4.78, 5) is 0. The summed E-state index contributed by atoms with van der Waals surface area (Å²) < 4.78 is 0. The Bertz CT molecular complexity index is 147. The Labute approximate surface area is 96.8 Å². The Morgan fingerprint density at radius 2 is 0.933 bits per heavy atom.